The minimum Gasteiger partial charge on any atom is -0.378 e. The first-order valence-corrected chi connectivity index (χ1v) is 5.93. The molecule has 0 amide bonds. The lowest BCUT2D eigenvalue weighted by Gasteiger charge is -2.08. The number of Topliss-reactive ketones (excluding diaryl/α,β-unsaturated/α-hetero) is 1. The Balaban J connectivity index is 1.86. The molecule has 1 saturated heterocycles. The van der Waals surface area contributed by atoms with Crippen LogP contribution < -0.4 is 0 Å². The second kappa shape index (κ2) is 5.26. The van der Waals surface area contributed by atoms with Gasteiger partial charge in [0.2, 0.25) is 0 Å². The van der Waals surface area contributed by atoms with Crippen LogP contribution in [0.5, 0.6) is 0 Å². The largest absolute Gasteiger partial charge is 0.378 e. The molecule has 0 saturated carbocycles. The highest BCUT2D eigenvalue weighted by molar-refractivity contribution is 5.81. The summed E-state index contributed by atoms with van der Waals surface area (Å²) in [5.74, 6) is 0.289. The first kappa shape index (κ1) is 11.3. The van der Waals surface area contributed by atoms with E-state index >= 15 is 0 Å². The zero-order valence-corrected chi connectivity index (χ0v) is 9.74. The Morgan fingerprint density at radius 1 is 1.50 bits per heavy atom. The van der Waals surface area contributed by atoms with Crippen molar-refractivity contribution in [1.29, 1.82) is 0 Å². The van der Waals surface area contributed by atoms with Gasteiger partial charge in [0.05, 0.1) is 6.10 Å². The van der Waals surface area contributed by atoms with Crippen LogP contribution in [0.2, 0.25) is 0 Å². The van der Waals surface area contributed by atoms with Crippen molar-refractivity contribution in [1.82, 2.24) is 0 Å². The summed E-state index contributed by atoms with van der Waals surface area (Å²) in [5, 5.41) is 0. The molecule has 1 aromatic carbocycles. The number of carbonyl (C=O) groups excluding carboxylic acids is 1. The molecular formula is C14H18O2. The maximum atomic E-state index is 11.8. The molecule has 86 valence electrons. The number of aryl methyl sites for hydroxylation is 1. The van der Waals surface area contributed by atoms with Gasteiger partial charge in [0, 0.05) is 19.4 Å². The standard InChI is InChI=1S/C14H18O2/c1-11-4-2-5-12(8-11)9-13(15)10-14-6-3-7-16-14/h2,4-5,8,14H,3,6-7,9-10H2,1H3. The van der Waals surface area contributed by atoms with Crippen LogP contribution >= 0.6 is 0 Å². The molecule has 2 rings (SSSR count). The monoisotopic (exact) mass is 218 g/mol. The third kappa shape index (κ3) is 3.17. The maximum Gasteiger partial charge on any atom is 0.139 e. The molecule has 0 aliphatic carbocycles. The van der Waals surface area contributed by atoms with Gasteiger partial charge in [-0.25, -0.2) is 0 Å². The van der Waals surface area contributed by atoms with Gasteiger partial charge in [0.25, 0.3) is 0 Å². The molecule has 1 aromatic rings. The number of hydrogen-bond acceptors (Lipinski definition) is 2. The molecule has 2 heteroatoms. The van der Waals surface area contributed by atoms with E-state index in [-0.39, 0.29) is 11.9 Å². The van der Waals surface area contributed by atoms with Crippen LogP contribution in [0.15, 0.2) is 24.3 Å². The molecule has 16 heavy (non-hydrogen) atoms. The van der Waals surface area contributed by atoms with Crippen molar-refractivity contribution in [2.45, 2.75) is 38.7 Å². The third-order valence-electron chi connectivity index (χ3n) is 2.96. The molecule has 1 heterocycles. The molecule has 2 nitrogen and oxygen atoms in total. The lowest BCUT2D eigenvalue weighted by molar-refractivity contribution is -0.120. The zero-order valence-electron chi connectivity index (χ0n) is 9.74. The van der Waals surface area contributed by atoms with Crippen LogP contribution in [0.3, 0.4) is 0 Å². The molecule has 1 fully saturated rings. The predicted molar refractivity (Wildman–Crippen MR) is 63.5 cm³/mol. The molecule has 0 spiro atoms. The lowest BCUT2D eigenvalue weighted by Crippen LogP contribution is -2.14. The van der Waals surface area contributed by atoms with Crippen LogP contribution in [-0.4, -0.2) is 18.5 Å². The van der Waals surface area contributed by atoms with Crippen molar-refractivity contribution in [3.63, 3.8) is 0 Å². The van der Waals surface area contributed by atoms with Crippen molar-refractivity contribution in [3.05, 3.63) is 35.4 Å². The van der Waals surface area contributed by atoms with Crippen molar-refractivity contribution in [2.24, 2.45) is 0 Å². The number of rotatable bonds is 4. The highest BCUT2D eigenvalue weighted by Gasteiger charge is 2.18. The van der Waals surface area contributed by atoms with Gasteiger partial charge in [-0.1, -0.05) is 29.8 Å². The number of ketones is 1. The number of hydrogen-bond donors (Lipinski definition) is 0. The molecule has 1 unspecified atom stereocenters. The van der Waals surface area contributed by atoms with Crippen molar-refractivity contribution < 1.29 is 9.53 Å². The number of ether oxygens (including phenoxy) is 1. The van der Waals surface area contributed by atoms with Gasteiger partial charge in [0.15, 0.2) is 0 Å². The van der Waals surface area contributed by atoms with Crippen LogP contribution in [0.25, 0.3) is 0 Å². The molecule has 0 N–H and O–H groups in total. The molecule has 0 radical (unpaired) electrons. The third-order valence-corrected chi connectivity index (χ3v) is 2.96. The van der Waals surface area contributed by atoms with Crippen LogP contribution in [0, 0.1) is 6.92 Å². The van der Waals surface area contributed by atoms with Gasteiger partial charge >= 0.3 is 0 Å². The lowest BCUT2D eigenvalue weighted by atomic mass is 10.0. The molecule has 1 atom stereocenters. The quantitative estimate of drug-likeness (QED) is 0.776. The molecule has 1 aliphatic heterocycles. The fourth-order valence-corrected chi connectivity index (χ4v) is 2.18. The van der Waals surface area contributed by atoms with E-state index in [1.165, 1.54) is 5.56 Å². The van der Waals surface area contributed by atoms with Crippen molar-refractivity contribution in [3.8, 4) is 0 Å². The Kier molecular flexibility index (Phi) is 3.73. The summed E-state index contributed by atoms with van der Waals surface area (Å²) < 4.78 is 5.46. The molecule has 1 aliphatic rings. The number of carbonyl (C=O) groups is 1. The van der Waals surface area contributed by atoms with Crippen LogP contribution in [-0.2, 0) is 16.0 Å². The molecular weight excluding hydrogens is 200 g/mol. The minimum atomic E-state index is 0.178. The maximum absolute atomic E-state index is 11.8. The Morgan fingerprint density at radius 2 is 2.38 bits per heavy atom. The van der Waals surface area contributed by atoms with Crippen LogP contribution in [0.4, 0.5) is 0 Å². The van der Waals surface area contributed by atoms with Gasteiger partial charge in [0.1, 0.15) is 5.78 Å². The van der Waals surface area contributed by atoms with Crippen molar-refractivity contribution >= 4 is 5.78 Å². The van der Waals surface area contributed by atoms with Gasteiger partial charge in [-0.3, -0.25) is 4.79 Å². The van der Waals surface area contributed by atoms with Gasteiger partial charge < -0.3 is 4.74 Å². The smallest absolute Gasteiger partial charge is 0.139 e. The molecule has 0 aromatic heterocycles. The van der Waals surface area contributed by atoms with E-state index in [0.717, 1.165) is 25.0 Å². The minimum absolute atomic E-state index is 0.178. The summed E-state index contributed by atoms with van der Waals surface area (Å²) in [6.07, 6.45) is 3.44. The average Bonchev–Trinajstić information content (AvgIpc) is 2.70. The van der Waals surface area contributed by atoms with E-state index in [2.05, 4.69) is 6.07 Å². The van der Waals surface area contributed by atoms with E-state index < -0.39 is 0 Å². The Bertz CT molecular complexity index is 365. The topological polar surface area (TPSA) is 26.3 Å². The second-order valence-electron chi connectivity index (χ2n) is 4.54. The summed E-state index contributed by atoms with van der Waals surface area (Å²) in [4.78, 5) is 11.8. The van der Waals surface area contributed by atoms with E-state index in [1.54, 1.807) is 0 Å². The first-order chi connectivity index (χ1) is 7.74. The predicted octanol–water partition coefficient (Wildman–Crippen LogP) is 2.68. The normalized spacial score (nSPS) is 19.9. The first-order valence-electron chi connectivity index (χ1n) is 5.93. The summed E-state index contributed by atoms with van der Waals surface area (Å²) in [6, 6.07) is 8.14. The summed E-state index contributed by atoms with van der Waals surface area (Å²) >= 11 is 0. The number of benzene rings is 1. The Labute approximate surface area is 96.6 Å². The SMILES string of the molecule is Cc1cccc(CC(=O)CC2CCCO2)c1. The fraction of sp³-hybridized carbons (Fsp3) is 0.500. The van der Waals surface area contributed by atoms with E-state index in [0.29, 0.717) is 12.8 Å². The summed E-state index contributed by atoms with van der Waals surface area (Å²) in [7, 11) is 0. The van der Waals surface area contributed by atoms with Gasteiger partial charge in [-0.05, 0) is 25.3 Å². The average molecular weight is 218 g/mol. The second-order valence-corrected chi connectivity index (χ2v) is 4.54. The Morgan fingerprint density at radius 3 is 3.06 bits per heavy atom. The highest BCUT2D eigenvalue weighted by Crippen LogP contribution is 2.16. The molecule has 0 bridgehead atoms. The highest BCUT2D eigenvalue weighted by atomic mass is 16.5. The van der Waals surface area contributed by atoms with E-state index in [4.69, 9.17) is 4.74 Å². The van der Waals surface area contributed by atoms with Gasteiger partial charge in [-0.2, -0.15) is 0 Å². The summed E-state index contributed by atoms with van der Waals surface area (Å²) in [6.45, 7) is 2.87. The van der Waals surface area contributed by atoms with Crippen LogP contribution in [0.1, 0.15) is 30.4 Å². The van der Waals surface area contributed by atoms with E-state index in [1.807, 2.05) is 25.1 Å². The zero-order chi connectivity index (χ0) is 11.4. The summed E-state index contributed by atoms with van der Waals surface area (Å²) in [5.41, 5.74) is 2.32. The van der Waals surface area contributed by atoms with E-state index in [9.17, 15) is 4.79 Å². The fourth-order valence-electron chi connectivity index (χ4n) is 2.18. The van der Waals surface area contributed by atoms with Crippen molar-refractivity contribution in [2.75, 3.05) is 6.61 Å². The van der Waals surface area contributed by atoms with Gasteiger partial charge in [-0.15, -0.1) is 0 Å². The Hall–Kier alpha value is -1.15.